The topological polar surface area (TPSA) is 127 Å². The maximum Gasteiger partial charge on any atom is 0.323 e. The molecule has 1 unspecified atom stereocenters. The van der Waals surface area contributed by atoms with Gasteiger partial charge in [0.1, 0.15) is 5.69 Å². The summed E-state index contributed by atoms with van der Waals surface area (Å²) in [6.07, 6.45) is 0. The zero-order valence-corrected chi connectivity index (χ0v) is 11.1. The van der Waals surface area contributed by atoms with E-state index in [1.54, 1.807) is 0 Å². The third-order valence-corrected chi connectivity index (χ3v) is 4.09. The maximum atomic E-state index is 11.7. The zero-order valence-electron chi connectivity index (χ0n) is 9.53. The second kappa shape index (κ2) is 5.41. The predicted molar refractivity (Wildman–Crippen MR) is 67.7 cm³/mol. The second-order valence-electron chi connectivity index (χ2n) is 3.55. The summed E-state index contributed by atoms with van der Waals surface area (Å²) in [5.74, 6) is -1.57. The molecule has 0 saturated heterocycles. The molecule has 0 spiro atoms. The molecular weight excluding hydrogens is 300 g/mol. The minimum absolute atomic E-state index is 0.0564. The lowest BCUT2D eigenvalue weighted by Crippen LogP contribution is -2.32. The molecule has 0 bridgehead atoms. The summed E-state index contributed by atoms with van der Waals surface area (Å²) in [6.45, 7) is 0.951. The Morgan fingerprint density at radius 1 is 1.53 bits per heavy atom. The number of aliphatic carboxylic acids is 1. The van der Waals surface area contributed by atoms with Crippen molar-refractivity contribution in [1.82, 2.24) is 0 Å². The molecule has 1 rings (SSSR count). The lowest BCUT2D eigenvalue weighted by Gasteiger charge is -2.11. The summed E-state index contributed by atoms with van der Waals surface area (Å²) >= 11 is 5.57. The number of sulfonamides is 1. The van der Waals surface area contributed by atoms with Crippen molar-refractivity contribution in [3.63, 3.8) is 0 Å². The fourth-order valence-corrected chi connectivity index (χ4v) is 2.20. The molecule has 8 nitrogen and oxygen atoms in total. The van der Waals surface area contributed by atoms with Gasteiger partial charge in [0.05, 0.1) is 4.92 Å². The van der Waals surface area contributed by atoms with Gasteiger partial charge in [-0.15, -0.1) is 0 Å². The normalized spacial score (nSPS) is 12.7. The van der Waals surface area contributed by atoms with Crippen LogP contribution in [0, 0.1) is 10.1 Å². The lowest BCUT2D eigenvalue weighted by atomic mass is 10.3. The molecule has 0 heterocycles. The van der Waals surface area contributed by atoms with Crippen molar-refractivity contribution in [3.05, 3.63) is 33.3 Å². The van der Waals surface area contributed by atoms with E-state index in [0.717, 1.165) is 19.1 Å². The fourth-order valence-electron chi connectivity index (χ4n) is 1.12. The number of nitrogens with zero attached hydrogens (tertiary/aromatic N) is 1. The highest BCUT2D eigenvalue weighted by molar-refractivity contribution is 7.94. The number of nitro groups is 1. The van der Waals surface area contributed by atoms with Gasteiger partial charge in [0.25, 0.3) is 5.69 Å². The maximum absolute atomic E-state index is 11.7. The molecule has 0 aliphatic rings. The molecule has 0 fully saturated rings. The van der Waals surface area contributed by atoms with E-state index < -0.39 is 31.9 Å². The first-order chi connectivity index (χ1) is 8.65. The molecule has 0 saturated carbocycles. The standard InChI is InChI=1S/C9H9ClN2O6S/c1-5(9(13)14)19(17,18)11-7-3-2-6(10)4-8(7)12(15)16/h2-5,11H,1H3,(H,13,14). The molecule has 0 amide bonds. The summed E-state index contributed by atoms with van der Waals surface area (Å²) in [4.78, 5) is 20.6. The van der Waals surface area contributed by atoms with Gasteiger partial charge in [0, 0.05) is 11.1 Å². The summed E-state index contributed by atoms with van der Waals surface area (Å²) < 4.78 is 25.2. The van der Waals surface area contributed by atoms with Crippen LogP contribution in [0.4, 0.5) is 11.4 Å². The van der Waals surface area contributed by atoms with E-state index in [4.69, 9.17) is 16.7 Å². The molecule has 0 aromatic heterocycles. The number of carboxylic acid groups (broad SMARTS) is 1. The van der Waals surface area contributed by atoms with Crippen molar-refractivity contribution in [2.24, 2.45) is 0 Å². The summed E-state index contributed by atoms with van der Waals surface area (Å²) in [5, 5.41) is 17.7. The average Bonchev–Trinajstić information content (AvgIpc) is 2.29. The number of carboxylic acids is 1. The van der Waals surface area contributed by atoms with Crippen molar-refractivity contribution in [3.8, 4) is 0 Å². The number of hydrogen-bond acceptors (Lipinski definition) is 5. The summed E-state index contributed by atoms with van der Waals surface area (Å²) in [7, 11) is -4.28. The Kier molecular flexibility index (Phi) is 4.32. The van der Waals surface area contributed by atoms with Gasteiger partial charge in [0.15, 0.2) is 5.25 Å². The van der Waals surface area contributed by atoms with Gasteiger partial charge in [-0.2, -0.15) is 0 Å². The molecule has 0 radical (unpaired) electrons. The Morgan fingerprint density at radius 3 is 2.58 bits per heavy atom. The minimum atomic E-state index is -4.28. The van der Waals surface area contributed by atoms with Crippen LogP contribution in [0.25, 0.3) is 0 Å². The largest absolute Gasteiger partial charge is 0.480 e. The van der Waals surface area contributed by atoms with Crippen LogP contribution in [0.15, 0.2) is 18.2 Å². The Morgan fingerprint density at radius 2 is 2.11 bits per heavy atom. The van der Waals surface area contributed by atoms with Gasteiger partial charge in [-0.1, -0.05) is 11.6 Å². The summed E-state index contributed by atoms with van der Waals surface area (Å²) in [6, 6.07) is 3.30. The van der Waals surface area contributed by atoms with Gasteiger partial charge in [-0.05, 0) is 19.1 Å². The first kappa shape index (κ1) is 15.2. The molecule has 104 valence electrons. The molecule has 19 heavy (non-hydrogen) atoms. The molecule has 0 aliphatic heterocycles. The number of carbonyl (C=O) groups is 1. The van der Waals surface area contributed by atoms with E-state index in [2.05, 4.69) is 0 Å². The highest BCUT2D eigenvalue weighted by atomic mass is 35.5. The van der Waals surface area contributed by atoms with Gasteiger partial charge in [-0.3, -0.25) is 19.6 Å². The number of hydrogen-bond donors (Lipinski definition) is 2. The van der Waals surface area contributed by atoms with E-state index in [9.17, 15) is 23.3 Å². The first-order valence-corrected chi connectivity index (χ1v) is 6.76. The average molecular weight is 309 g/mol. The molecular formula is C9H9ClN2O6S. The van der Waals surface area contributed by atoms with Crippen LogP contribution in [0.3, 0.4) is 0 Å². The van der Waals surface area contributed by atoms with Crippen molar-refractivity contribution >= 4 is 39.0 Å². The van der Waals surface area contributed by atoms with Crippen LogP contribution in [0.5, 0.6) is 0 Å². The van der Waals surface area contributed by atoms with Crippen LogP contribution in [0.2, 0.25) is 5.02 Å². The highest BCUT2D eigenvalue weighted by Crippen LogP contribution is 2.29. The lowest BCUT2D eigenvalue weighted by molar-refractivity contribution is -0.383. The van der Waals surface area contributed by atoms with E-state index in [-0.39, 0.29) is 10.7 Å². The van der Waals surface area contributed by atoms with Crippen molar-refractivity contribution in [2.45, 2.75) is 12.2 Å². The Hall–Kier alpha value is -1.87. The molecule has 2 N–H and O–H groups in total. The molecule has 0 aliphatic carbocycles. The fraction of sp³-hybridized carbons (Fsp3) is 0.222. The number of anilines is 1. The Balaban J connectivity index is 3.20. The van der Waals surface area contributed by atoms with E-state index in [1.165, 1.54) is 6.07 Å². The second-order valence-corrected chi connectivity index (χ2v) is 5.98. The third-order valence-electron chi connectivity index (χ3n) is 2.22. The van der Waals surface area contributed by atoms with Gasteiger partial charge in [0.2, 0.25) is 10.0 Å². The number of nitrogens with one attached hydrogen (secondary N) is 1. The van der Waals surface area contributed by atoms with E-state index in [1.807, 2.05) is 4.72 Å². The number of benzene rings is 1. The van der Waals surface area contributed by atoms with Crippen LogP contribution >= 0.6 is 11.6 Å². The van der Waals surface area contributed by atoms with Crippen LogP contribution in [-0.2, 0) is 14.8 Å². The Labute approximate surface area is 113 Å². The molecule has 1 aromatic carbocycles. The van der Waals surface area contributed by atoms with Crippen molar-refractivity contribution in [1.29, 1.82) is 0 Å². The third kappa shape index (κ3) is 3.55. The highest BCUT2D eigenvalue weighted by Gasteiger charge is 2.29. The van der Waals surface area contributed by atoms with Crippen LogP contribution in [-0.4, -0.2) is 29.7 Å². The zero-order chi connectivity index (χ0) is 14.8. The monoisotopic (exact) mass is 308 g/mol. The van der Waals surface area contributed by atoms with Gasteiger partial charge < -0.3 is 5.11 Å². The van der Waals surface area contributed by atoms with Crippen LogP contribution < -0.4 is 4.72 Å². The molecule has 1 aromatic rings. The number of halogens is 1. The SMILES string of the molecule is CC(C(=O)O)S(=O)(=O)Nc1ccc(Cl)cc1[N+](=O)[O-]. The van der Waals surface area contributed by atoms with Crippen molar-refractivity contribution in [2.75, 3.05) is 4.72 Å². The van der Waals surface area contributed by atoms with E-state index >= 15 is 0 Å². The van der Waals surface area contributed by atoms with Crippen molar-refractivity contribution < 1.29 is 23.2 Å². The minimum Gasteiger partial charge on any atom is -0.480 e. The predicted octanol–water partition coefficient (Wildman–Crippen LogP) is 1.46. The van der Waals surface area contributed by atoms with Gasteiger partial charge >= 0.3 is 5.97 Å². The smallest absolute Gasteiger partial charge is 0.323 e. The number of rotatable bonds is 5. The Bertz CT molecular complexity index is 630. The first-order valence-electron chi connectivity index (χ1n) is 4.83. The van der Waals surface area contributed by atoms with Gasteiger partial charge in [-0.25, -0.2) is 8.42 Å². The van der Waals surface area contributed by atoms with E-state index in [0.29, 0.717) is 0 Å². The quantitative estimate of drug-likeness (QED) is 0.626. The number of nitro benzene ring substituents is 1. The molecule has 1 atom stereocenters. The summed E-state index contributed by atoms with van der Waals surface area (Å²) in [5.41, 5.74) is -0.906. The van der Waals surface area contributed by atoms with Crippen LogP contribution in [0.1, 0.15) is 6.92 Å². The molecule has 10 heteroatoms.